The molecule has 90 valence electrons. The van der Waals surface area contributed by atoms with Crippen molar-refractivity contribution in [1.29, 1.82) is 0 Å². The molecule has 1 aliphatic carbocycles. The molecule has 1 aliphatic rings. The van der Waals surface area contributed by atoms with Crippen molar-refractivity contribution in [3.63, 3.8) is 0 Å². The van der Waals surface area contributed by atoms with Gasteiger partial charge in [-0.1, -0.05) is 25.5 Å². The Morgan fingerprint density at radius 2 is 2.12 bits per heavy atom. The van der Waals surface area contributed by atoms with E-state index in [-0.39, 0.29) is 6.04 Å². The second-order valence-electron chi connectivity index (χ2n) is 6.22. The molecular weight excluding hydrogens is 208 g/mol. The maximum absolute atomic E-state index is 6.36. The lowest BCUT2D eigenvalue weighted by atomic mass is 9.74. The van der Waals surface area contributed by atoms with Gasteiger partial charge in [0.15, 0.2) is 0 Å². The van der Waals surface area contributed by atoms with E-state index in [2.05, 4.69) is 44.0 Å². The summed E-state index contributed by atoms with van der Waals surface area (Å²) in [6.45, 7) is 6.73. The predicted molar refractivity (Wildman–Crippen MR) is 72.1 cm³/mol. The van der Waals surface area contributed by atoms with Crippen LogP contribution in [0.5, 0.6) is 0 Å². The summed E-state index contributed by atoms with van der Waals surface area (Å²) in [5.41, 5.74) is 11.9. The van der Waals surface area contributed by atoms with E-state index in [1.165, 1.54) is 27.7 Å². The Morgan fingerprint density at radius 3 is 2.88 bits per heavy atom. The number of rotatable bonds is 0. The van der Waals surface area contributed by atoms with Crippen LogP contribution in [0.25, 0.3) is 10.9 Å². The maximum Gasteiger partial charge on any atom is 0.0459 e. The highest BCUT2D eigenvalue weighted by Crippen LogP contribution is 2.42. The average molecular weight is 228 g/mol. The smallest absolute Gasteiger partial charge is 0.0459 e. The first-order valence-corrected chi connectivity index (χ1v) is 6.33. The van der Waals surface area contributed by atoms with Gasteiger partial charge in [0.25, 0.3) is 0 Å². The van der Waals surface area contributed by atoms with Crippen LogP contribution in [0.4, 0.5) is 0 Å². The number of hydrogen-bond donors (Lipinski definition) is 2. The summed E-state index contributed by atoms with van der Waals surface area (Å²) in [4.78, 5) is 3.55. The first-order chi connectivity index (χ1) is 7.96. The minimum atomic E-state index is 0.171. The van der Waals surface area contributed by atoms with E-state index in [1.807, 2.05) is 0 Å². The van der Waals surface area contributed by atoms with E-state index in [9.17, 15) is 0 Å². The van der Waals surface area contributed by atoms with Gasteiger partial charge in [-0.2, -0.15) is 0 Å². The Labute approximate surface area is 102 Å². The first kappa shape index (κ1) is 10.8. The highest BCUT2D eigenvalue weighted by Gasteiger charge is 2.32. The number of aromatic amines is 1. The van der Waals surface area contributed by atoms with Gasteiger partial charge in [0.1, 0.15) is 0 Å². The molecule has 1 atom stereocenters. The Kier molecular flexibility index (Phi) is 2.14. The summed E-state index contributed by atoms with van der Waals surface area (Å²) in [5, 5.41) is 1.32. The minimum Gasteiger partial charge on any atom is -0.358 e. The normalized spacial score (nSPS) is 22.7. The zero-order valence-electron chi connectivity index (χ0n) is 10.8. The number of benzene rings is 1. The molecule has 0 aliphatic heterocycles. The van der Waals surface area contributed by atoms with Crippen LogP contribution in [-0.2, 0) is 6.42 Å². The van der Waals surface area contributed by atoms with Crippen LogP contribution in [0.3, 0.4) is 0 Å². The van der Waals surface area contributed by atoms with Gasteiger partial charge in [0.05, 0.1) is 0 Å². The number of hydrogen-bond acceptors (Lipinski definition) is 1. The van der Waals surface area contributed by atoms with E-state index in [0.717, 1.165) is 12.8 Å². The lowest BCUT2D eigenvalue weighted by molar-refractivity contribution is 0.281. The van der Waals surface area contributed by atoms with Crippen LogP contribution in [0.1, 0.15) is 43.1 Å². The Morgan fingerprint density at radius 1 is 1.35 bits per heavy atom. The van der Waals surface area contributed by atoms with E-state index in [1.54, 1.807) is 0 Å². The third-order valence-electron chi connectivity index (χ3n) is 3.87. The largest absolute Gasteiger partial charge is 0.358 e. The molecule has 17 heavy (non-hydrogen) atoms. The molecule has 3 rings (SSSR count). The molecule has 2 aromatic rings. The standard InChI is InChI=1S/C15H20N2/c1-9-4-5-12-10(6-9)14-11(16)7-15(2,3)8-13(14)17-12/h4-6,11,17H,7-8,16H2,1-3H3. The second-order valence-corrected chi connectivity index (χ2v) is 6.22. The fourth-order valence-corrected chi connectivity index (χ4v) is 3.19. The molecule has 0 amide bonds. The summed E-state index contributed by atoms with van der Waals surface area (Å²) in [5.74, 6) is 0. The molecule has 1 aromatic carbocycles. The van der Waals surface area contributed by atoms with Crippen molar-refractivity contribution in [3.8, 4) is 0 Å². The van der Waals surface area contributed by atoms with Crippen LogP contribution in [-0.4, -0.2) is 4.98 Å². The fourth-order valence-electron chi connectivity index (χ4n) is 3.19. The first-order valence-electron chi connectivity index (χ1n) is 6.33. The van der Waals surface area contributed by atoms with Gasteiger partial charge in [-0.05, 0) is 42.9 Å². The van der Waals surface area contributed by atoms with Crippen molar-refractivity contribution >= 4 is 10.9 Å². The SMILES string of the molecule is Cc1ccc2[nH]c3c(c2c1)C(N)CC(C)(C)C3. The van der Waals surface area contributed by atoms with Gasteiger partial charge < -0.3 is 10.7 Å². The van der Waals surface area contributed by atoms with Crippen molar-refractivity contribution in [3.05, 3.63) is 35.0 Å². The lowest BCUT2D eigenvalue weighted by Gasteiger charge is -2.33. The second kappa shape index (κ2) is 3.36. The van der Waals surface area contributed by atoms with Crippen molar-refractivity contribution < 1.29 is 0 Å². The third-order valence-corrected chi connectivity index (χ3v) is 3.87. The van der Waals surface area contributed by atoms with Gasteiger partial charge in [-0.3, -0.25) is 0 Å². The lowest BCUT2D eigenvalue weighted by Crippen LogP contribution is -2.29. The Bertz CT molecular complexity index is 578. The Hall–Kier alpha value is -1.28. The summed E-state index contributed by atoms with van der Waals surface area (Å²) >= 11 is 0. The third kappa shape index (κ3) is 1.67. The van der Waals surface area contributed by atoms with Gasteiger partial charge in [0.2, 0.25) is 0 Å². The van der Waals surface area contributed by atoms with E-state index in [0.29, 0.717) is 5.41 Å². The quantitative estimate of drug-likeness (QED) is 0.712. The van der Waals surface area contributed by atoms with Crippen LogP contribution in [0.2, 0.25) is 0 Å². The van der Waals surface area contributed by atoms with E-state index < -0.39 is 0 Å². The van der Waals surface area contributed by atoms with Crippen LogP contribution >= 0.6 is 0 Å². The zero-order chi connectivity index (χ0) is 12.2. The summed E-state index contributed by atoms with van der Waals surface area (Å²) in [6, 6.07) is 6.75. The number of H-pyrrole nitrogens is 1. The predicted octanol–water partition coefficient (Wildman–Crippen LogP) is 3.45. The van der Waals surface area contributed by atoms with Crippen LogP contribution in [0.15, 0.2) is 18.2 Å². The number of aryl methyl sites for hydroxylation is 1. The van der Waals surface area contributed by atoms with Gasteiger partial charge >= 0.3 is 0 Å². The van der Waals surface area contributed by atoms with Gasteiger partial charge in [-0.15, -0.1) is 0 Å². The maximum atomic E-state index is 6.36. The molecule has 0 bridgehead atoms. The number of nitrogens with two attached hydrogens (primary N) is 1. The van der Waals surface area contributed by atoms with Crippen LogP contribution < -0.4 is 5.73 Å². The minimum absolute atomic E-state index is 0.171. The zero-order valence-corrected chi connectivity index (χ0v) is 10.8. The topological polar surface area (TPSA) is 41.8 Å². The monoisotopic (exact) mass is 228 g/mol. The average Bonchev–Trinajstić information content (AvgIpc) is 2.52. The summed E-state index contributed by atoms with van der Waals surface area (Å²) in [6.07, 6.45) is 2.17. The molecule has 0 radical (unpaired) electrons. The van der Waals surface area contributed by atoms with Gasteiger partial charge in [-0.25, -0.2) is 0 Å². The molecule has 0 saturated heterocycles. The molecule has 1 heterocycles. The molecule has 0 saturated carbocycles. The van der Waals surface area contributed by atoms with Crippen molar-refractivity contribution in [1.82, 2.24) is 4.98 Å². The highest BCUT2D eigenvalue weighted by atomic mass is 14.8. The molecule has 0 spiro atoms. The number of fused-ring (bicyclic) bond motifs is 3. The van der Waals surface area contributed by atoms with Crippen molar-refractivity contribution in [2.45, 2.75) is 39.7 Å². The van der Waals surface area contributed by atoms with Crippen molar-refractivity contribution in [2.24, 2.45) is 11.1 Å². The van der Waals surface area contributed by atoms with E-state index >= 15 is 0 Å². The van der Waals surface area contributed by atoms with E-state index in [4.69, 9.17) is 5.73 Å². The fraction of sp³-hybridized carbons (Fsp3) is 0.467. The number of nitrogens with one attached hydrogen (secondary N) is 1. The Balaban J connectivity index is 2.25. The molecule has 1 unspecified atom stereocenters. The molecule has 2 nitrogen and oxygen atoms in total. The molecule has 2 heteroatoms. The molecule has 1 aromatic heterocycles. The summed E-state index contributed by atoms with van der Waals surface area (Å²) in [7, 11) is 0. The van der Waals surface area contributed by atoms with Crippen molar-refractivity contribution in [2.75, 3.05) is 0 Å². The molecule has 3 N–H and O–H groups in total. The molecular formula is C15H20N2. The summed E-state index contributed by atoms with van der Waals surface area (Å²) < 4.78 is 0. The number of aromatic nitrogens is 1. The highest BCUT2D eigenvalue weighted by molar-refractivity contribution is 5.86. The van der Waals surface area contributed by atoms with Crippen LogP contribution in [0, 0.1) is 12.3 Å². The molecule has 0 fully saturated rings. The van der Waals surface area contributed by atoms with Gasteiger partial charge in [0, 0.05) is 22.6 Å².